The van der Waals surface area contributed by atoms with Crippen LogP contribution in [0.4, 0.5) is 5.13 Å². The van der Waals surface area contributed by atoms with Crippen LogP contribution in [0.25, 0.3) is 10.2 Å². The van der Waals surface area contributed by atoms with Gasteiger partial charge in [0.25, 0.3) is 0 Å². The molecule has 0 unspecified atom stereocenters. The Kier molecular flexibility index (Phi) is 4.65. The molecule has 6 nitrogen and oxygen atoms in total. The molecule has 7 heteroatoms. The summed E-state index contributed by atoms with van der Waals surface area (Å²) in [5, 5.41) is 1.09. The molecule has 3 aromatic rings. The zero-order valence-electron chi connectivity index (χ0n) is 14.1. The van der Waals surface area contributed by atoms with Crippen molar-refractivity contribution in [3.05, 3.63) is 36.7 Å². The van der Waals surface area contributed by atoms with E-state index in [1.807, 2.05) is 12.1 Å². The van der Waals surface area contributed by atoms with Gasteiger partial charge in [-0.25, -0.2) is 15.0 Å². The van der Waals surface area contributed by atoms with Crippen LogP contribution in [0.1, 0.15) is 12.8 Å². The van der Waals surface area contributed by atoms with Gasteiger partial charge in [-0.3, -0.25) is 0 Å². The van der Waals surface area contributed by atoms with E-state index >= 15 is 0 Å². The van der Waals surface area contributed by atoms with Crippen molar-refractivity contribution in [2.24, 2.45) is 5.92 Å². The van der Waals surface area contributed by atoms with Crippen LogP contribution in [0.5, 0.6) is 11.8 Å². The molecular weight excluding hydrogens is 336 g/mol. The molecule has 0 radical (unpaired) electrons. The smallest absolute Gasteiger partial charge is 0.316 e. The molecule has 25 heavy (non-hydrogen) atoms. The molecule has 0 aliphatic carbocycles. The van der Waals surface area contributed by atoms with Gasteiger partial charge in [0.2, 0.25) is 0 Å². The van der Waals surface area contributed by atoms with Crippen molar-refractivity contribution in [3.63, 3.8) is 0 Å². The molecule has 1 fully saturated rings. The molecule has 3 heterocycles. The summed E-state index contributed by atoms with van der Waals surface area (Å²) in [6, 6.07) is 8.31. The van der Waals surface area contributed by atoms with Gasteiger partial charge in [-0.1, -0.05) is 11.3 Å². The lowest BCUT2D eigenvalue weighted by Gasteiger charge is -2.31. The summed E-state index contributed by atoms with van der Waals surface area (Å²) in [5.74, 6) is 1.39. The molecule has 4 rings (SSSR count). The zero-order valence-corrected chi connectivity index (χ0v) is 14.9. The van der Waals surface area contributed by atoms with Crippen LogP contribution in [-0.2, 0) is 0 Å². The highest BCUT2D eigenvalue weighted by Gasteiger charge is 2.22. The Hall–Kier alpha value is -2.41. The van der Waals surface area contributed by atoms with E-state index in [1.165, 1.54) is 4.70 Å². The van der Waals surface area contributed by atoms with Gasteiger partial charge >= 0.3 is 6.01 Å². The molecule has 1 aromatic carbocycles. The second-order valence-electron chi connectivity index (χ2n) is 6.10. The van der Waals surface area contributed by atoms with E-state index in [2.05, 4.69) is 20.9 Å². The Balaban J connectivity index is 1.35. The number of piperidine rings is 1. The third kappa shape index (κ3) is 3.66. The van der Waals surface area contributed by atoms with Gasteiger partial charge in [-0.15, -0.1) is 0 Å². The zero-order chi connectivity index (χ0) is 17.1. The Labute approximate surface area is 150 Å². The third-order valence-corrected chi connectivity index (χ3v) is 5.56. The van der Waals surface area contributed by atoms with Crippen molar-refractivity contribution >= 4 is 26.7 Å². The molecule has 0 N–H and O–H groups in total. The van der Waals surface area contributed by atoms with Crippen LogP contribution < -0.4 is 14.4 Å². The third-order valence-electron chi connectivity index (χ3n) is 4.46. The maximum atomic E-state index is 5.69. The second kappa shape index (κ2) is 7.23. The lowest BCUT2D eigenvalue weighted by atomic mass is 9.98. The number of fused-ring (bicyclic) bond motifs is 1. The molecule has 0 atom stereocenters. The Morgan fingerprint density at radius 2 is 2.00 bits per heavy atom. The number of hydrogen-bond donors (Lipinski definition) is 0. The second-order valence-corrected chi connectivity index (χ2v) is 7.11. The summed E-state index contributed by atoms with van der Waals surface area (Å²) in [5.41, 5.74) is 1.01. The van der Waals surface area contributed by atoms with Gasteiger partial charge < -0.3 is 14.4 Å². The number of nitrogens with zero attached hydrogens (tertiary/aromatic N) is 4. The number of aromatic nitrogens is 3. The predicted molar refractivity (Wildman–Crippen MR) is 98.6 cm³/mol. The first-order valence-electron chi connectivity index (χ1n) is 8.41. The van der Waals surface area contributed by atoms with Crippen LogP contribution in [0.3, 0.4) is 0 Å². The first-order chi connectivity index (χ1) is 12.3. The van der Waals surface area contributed by atoms with Crippen LogP contribution in [0, 0.1) is 5.92 Å². The average molecular weight is 356 g/mol. The van der Waals surface area contributed by atoms with Gasteiger partial charge in [0.15, 0.2) is 5.13 Å². The molecule has 0 amide bonds. The molecule has 1 aliphatic heterocycles. The van der Waals surface area contributed by atoms with Gasteiger partial charge in [-0.05, 0) is 37.0 Å². The highest BCUT2D eigenvalue weighted by Crippen LogP contribution is 2.33. The number of benzene rings is 1. The Morgan fingerprint density at radius 3 is 2.76 bits per heavy atom. The molecule has 0 saturated carbocycles. The molecule has 1 aliphatic rings. The lowest BCUT2D eigenvalue weighted by molar-refractivity contribution is 0.208. The van der Waals surface area contributed by atoms with E-state index in [-0.39, 0.29) is 0 Å². The summed E-state index contributed by atoms with van der Waals surface area (Å²) >= 11 is 1.74. The van der Waals surface area contributed by atoms with E-state index in [1.54, 1.807) is 36.9 Å². The van der Waals surface area contributed by atoms with Crippen LogP contribution >= 0.6 is 11.3 Å². The standard InChI is InChI=1S/C18H20N4O2S/c1-23-14-3-4-16-15(11-14)21-18(25-16)22-9-5-13(6-10-22)12-24-17-19-7-2-8-20-17/h2-4,7-8,11,13H,5-6,9-10,12H2,1H3. The monoisotopic (exact) mass is 356 g/mol. The van der Waals surface area contributed by atoms with E-state index in [0.717, 1.165) is 42.3 Å². The lowest BCUT2D eigenvalue weighted by Crippen LogP contribution is -2.35. The SMILES string of the molecule is COc1ccc2sc(N3CCC(COc4ncccn4)CC3)nc2c1. The quantitative estimate of drug-likeness (QED) is 0.698. The summed E-state index contributed by atoms with van der Waals surface area (Å²) < 4.78 is 12.2. The van der Waals surface area contributed by atoms with Gasteiger partial charge in [0.05, 0.1) is 23.9 Å². The molecule has 0 bridgehead atoms. The summed E-state index contributed by atoms with van der Waals surface area (Å²) in [4.78, 5) is 15.3. The summed E-state index contributed by atoms with van der Waals surface area (Å²) in [6.45, 7) is 2.68. The van der Waals surface area contributed by atoms with Crippen molar-refractivity contribution in [2.45, 2.75) is 12.8 Å². The van der Waals surface area contributed by atoms with E-state index in [9.17, 15) is 0 Å². The highest BCUT2D eigenvalue weighted by molar-refractivity contribution is 7.22. The van der Waals surface area contributed by atoms with Crippen LogP contribution in [0.2, 0.25) is 0 Å². The van der Waals surface area contributed by atoms with Crippen LogP contribution in [0.15, 0.2) is 36.7 Å². The minimum absolute atomic E-state index is 0.463. The fourth-order valence-electron chi connectivity index (χ4n) is 3.00. The minimum atomic E-state index is 0.463. The van der Waals surface area contributed by atoms with Gasteiger partial charge in [0.1, 0.15) is 5.75 Å². The molecule has 1 saturated heterocycles. The van der Waals surface area contributed by atoms with Crippen LogP contribution in [-0.4, -0.2) is 41.8 Å². The maximum absolute atomic E-state index is 5.69. The molecule has 0 spiro atoms. The average Bonchev–Trinajstić information content (AvgIpc) is 3.10. The summed E-state index contributed by atoms with van der Waals surface area (Å²) in [6.07, 6.45) is 5.58. The van der Waals surface area contributed by atoms with Gasteiger partial charge in [-0.2, -0.15) is 0 Å². The number of methoxy groups -OCH3 is 1. The highest BCUT2D eigenvalue weighted by atomic mass is 32.1. The predicted octanol–water partition coefficient (Wildman–Crippen LogP) is 3.39. The Morgan fingerprint density at radius 1 is 1.20 bits per heavy atom. The van der Waals surface area contributed by atoms with E-state index < -0.39 is 0 Å². The fraction of sp³-hybridized carbons (Fsp3) is 0.389. The van der Waals surface area contributed by atoms with Crippen molar-refractivity contribution in [1.82, 2.24) is 15.0 Å². The number of thiazole rings is 1. The molecular formula is C18H20N4O2S. The normalized spacial score (nSPS) is 15.5. The first kappa shape index (κ1) is 16.1. The van der Waals surface area contributed by atoms with Crippen molar-refractivity contribution < 1.29 is 9.47 Å². The fourth-order valence-corrected chi connectivity index (χ4v) is 4.00. The van der Waals surface area contributed by atoms with E-state index in [4.69, 9.17) is 14.5 Å². The maximum Gasteiger partial charge on any atom is 0.316 e. The van der Waals surface area contributed by atoms with Gasteiger partial charge in [0, 0.05) is 31.5 Å². The topological polar surface area (TPSA) is 60.4 Å². The minimum Gasteiger partial charge on any atom is -0.497 e. The number of anilines is 1. The largest absolute Gasteiger partial charge is 0.497 e. The molecule has 130 valence electrons. The summed E-state index contributed by atoms with van der Waals surface area (Å²) in [7, 11) is 1.68. The first-order valence-corrected chi connectivity index (χ1v) is 9.23. The van der Waals surface area contributed by atoms with Crippen molar-refractivity contribution in [3.8, 4) is 11.8 Å². The van der Waals surface area contributed by atoms with E-state index in [0.29, 0.717) is 18.5 Å². The number of hydrogen-bond acceptors (Lipinski definition) is 7. The molecule has 2 aromatic heterocycles. The van der Waals surface area contributed by atoms with Crippen molar-refractivity contribution in [2.75, 3.05) is 31.7 Å². The number of ether oxygens (including phenoxy) is 2. The van der Waals surface area contributed by atoms with Crippen molar-refractivity contribution in [1.29, 1.82) is 0 Å². The Bertz CT molecular complexity index is 831. The number of rotatable bonds is 5.